The van der Waals surface area contributed by atoms with Crippen LogP contribution >= 0.6 is 0 Å². The molecule has 13 nitrogen and oxygen atoms in total. The number of hydrogen-bond donors (Lipinski definition) is 2. The van der Waals surface area contributed by atoms with Crippen molar-refractivity contribution in [2.24, 2.45) is 0 Å². The van der Waals surface area contributed by atoms with Gasteiger partial charge in [-0.15, -0.1) is 0 Å². The van der Waals surface area contributed by atoms with Gasteiger partial charge in [-0.1, -0.05) is 0 Å². The average molecular weight is 683 g/mol. The number of nitro groups is 2. The fourth-order valence-corrected chi connectivity index (χ4v) is 4.65. The molecule has 6 aromatic carbocycles. The second-order valence-corrected chi connectivity index (χ2v) is 10.8. The predicted octanol–water partition coefficient (Wildman–Crippen LogP) is 9.38. The summed E-state index contributed by atoms with van der Waals surface area (Å²) in [5.41, 5.74) is 1.85. The number of nitrogens with one attached hydrogen (secondary N) is 2. The highest BCUT2D eigenvalue weighted by atomic mass is 16.6. The van der Waals surface area contributed by atoms with Crippen molar-refractivity contribution < 1.29 is 33.6 Å². The molecule has 2 N–H and O–H groups in total. The second-order valence-electron chi connectivity index (χ2n) is 10.8. The molecule has 6 rings (SSSR count). The highest BCUT2D eigenvalue weighted by molar-refractivity contribution is 6.05. The number of amides is 2. The molecule has 0 heterocycles. The normalized spacial score (nSPS) is 10.4. The lowest BCUT2D eigenvalue weighted by atomic mass is 10.2. The molecule has 0 bridgehead atoms. The Kier molecular flexibility index (Phi) is 9.90. The molecule has 0 atom stereocenters. The van der Waals surface area contributed by atoms with E-state index in [1.165, 1.54) is 48.5 Å². The van der Waals surface area contributed by atoms with Crippen molar-refractivity contribution in [3.05, 3.63) is 177 Å². The van der Waals surface area contributed by atoms with Gasteiger partial charge in [0, 0.05) is 46.8 Å². The first kappa shape index (κ1) is 33.4. The molecule has 0 saturated heterocycles. The molecule has 0 unspecified atom stereocenters. The molecule has 0 saturated carbocycles. The first-order valence-corrected chi connectivity index (χ1v) is 15.2. The summed E-state index contributed by atoms with van der Waals surface area (Å²) < 4.78 is 17.3. The maximum absolute atomic E-state index is 12.8. The molecule has 0 aliphatic heterocycles. The summed E-state index contributed by atoms with van der Waals surface area (Å²) in [7, 11) is 0. The van der Waals surface area contributed by atoms with Crippen LogP contribution in [-0.4, -0.2) is 21.7 Å². The van der Waals surface area contributed by atoms with Gasteiger partial charge in [0.05, 0.1) is 9.85 Å². The lowest BCUT2D eigenvalue weighted by molar-refractivity contribution is -0.385. The summed E-state index contributed by atoms with van der Waals surface area (Å²) in [6, 6.07) is 38.0. The molecular formula is C38H26N4O9. The largest absolute Gasteiger partial charge is 0.457 e. The van der Waals surface area contributed by atoms with Gasteiger partial charge >= 0.3 is 0 Å². The van der Waals surface area contributed by atoms with Crippen molar-refractivity contribution in [3.63, 3.8) is 0 Å². The number of anilines is 2. The average Bonchev–Trinajstić information content (AvgIpc) is 3.14. The monoisotopic (exact) mass is 682 g/mol. The molecule has 0 aromatic heterocycles. The number of benzene rings is 6. The van der Waals surface area contributed by atoms with Crippen LogP contribution in [0, 0.1) is 20.2 Å². The summed E-state index contributed by atoms with van der Waals surface area (Å²) in [4.78, 5) is 46.2. The molecule has 13 heteroatoms. The van der Waals surface area contributed by atoms with Crippen LogP contribution in [0.1, 0.15) is 20.7 Å². The molecule has 0 spiro atoms. The number of nitro benzene ring substituents is 2. The SMILES string of the molecule is O=C(Nc1ccc(Oc2ccc(NC(=O)c3ccc(Oc4ccc([N+](=O)[O-])cc4)cc3)cc2)cc1)c1ccc(Oc2ccc([N+](=O)[O-])cc2)cc1. The summed E-state index contributed by atoms with van der Waals surface area (Å²) in [5.74, 6) is 2.22. The minimum absolute atomic E-state index is 0.0377. The zero-order valence-electron chi connectivity index (χ0n) is 26.4. The standard InChI is InChI=1S/C38H26N4O9/c43-37(25-1-13-31(14-2-25)49-35-21-9-29(10-22-35)41(45)46)39-27-5-17-33(18-6-27)51-34-19-7-28(8-20-34)40-38(44)26-3-15-32(16-4-26)50-36-23-11-30(12-24-36)42(47)48/h1-24H,(H,39,43)(H,40,44). The van der Waals surface area contributed by atoms with Gasteiger partial charge < -0.3 is 24.8 Å². The Labute approximate surface area is 290 Å². The van der Waals surface area contributed by atoms with E-state index in [1.807, 2.05) is 0 Å². The van der Waals surface area contributed by atoms with E-state index in [4.69, 9.17) is 14.2 Å². The van der Waals surface area contributed by atoms with E-state index in [9.17, 15) is 29.8 Å². The van der Waals surface area contributed by atoms with E-state index in [0.29, 0.717) is 57.0 Å². The lowest BCUT2D eigenvalue weighted by Crippen LogP contribution is -2.11. The second kappa shape index (κ2) is 15.1. The van der Waals surface area contributed by atoms with E-state index in [-0.39, 0.29) is 23.2 Å². The van der Waals surface area contributed by atoms with Crippen molar-refractivity contribution in [3.8, 4) is 34.5 Å². The van der Waals surface area contributed by atoms with E-state index in [2.05, 4.69) is 10.6 Å². The molecule has 252 valence electrons. The van der Waals surface area contributed by atoms with Gasteiger partial charge in [0.2, 0.25) is 0 Å². The van der Waals surface area contributed by atoms with Crippen molar-refractivity contribution in [1.29, 1.82) is 0 Å². The summed E-state index contributed by atoms with van der Waals surface area (Å²) in [5, 5.41) is 27.3. The number of carbonyl (C=O) groups excluding carboxylic acids is 2. The molecule has 0 fully saturated rings. The quantitative estimate of drug-likeness (QED) is 0.0942. The Morgan fingerprint density at radius 3 is 0.882 bits per heavy atom. The van der Waals surface area contributed by atoms with Gasteiger partial charge in [-0.2, -0.15) is 0 Å². The predicted molar refractivity (Wildman–Crippen MR) is 188 cm³/mol. The Morgan fingerprint density at radius 1 is 0.392 bits per heavy atom. The third-order valence-electron chi connectivity index (χ3n) is 7.26. The summed E-state index contributed by atoms with van der Waals surface area (Å²) in [6.07, 6.45) is 0. The van der Waals surface area contributed by atoms with Crippen LogP contribution in [0.15, 0.2) is 146 Å². The van der Waals surface area contributed by atoms with Gasteiger partial charge in [-0.3, -0.25) is 29.8 Å². The topological polar surface area (TPSA) is 172 Å². The third-order valence-corrected chi connectivity index (χ3v) is 7.26. The highest BCUT2D eigenvalue weighted by Gasteiger charge is 2.11. The fourth-order valence-electron chi connectivity index (χ4n) is 4.65. The van der Waals surface area contributed by atoms with Crippen LogP contribution < -0.4 is 24.8 Å². The number of ether oxygens (including phenoxy) is 3. The van der Waals surface area contributed by atoms with Crippen molar-refractivity contribution in [1.82, 2.24) is 0 Å². The maximum Gasteiger partial charge on any atom is 0.269 e. The fraction of sp³-hybridized carbons (Fsp3) is 0. The van der Waals surface area contributed by atoms with Gasteiger partial charge in [0.15, 0.2) is 0 Å². The number of non-ortho nitro benzene ring substituents is 2. The molecule has 51 heavy (non-hydrogen) atoms. The first-order chi connectivity index (χ1) is 24.7. The molecule has 6 aromatic rings. The van der Waals surface area contributed by atoms with E-state index >= 15 is 0 Å². The number of carbonyl (C=O) groups is 2. The summed E-state index contributed by atoms with van der Waals surface area (Å²) in [6.45, 7) is 0. The minimum atomic E-state index is -0.488. The van der Waals surface area contributed by atoms with E-state index in [1.54, 1.807) is 97.1 Å². The van der Waals surface area contributed by atoms with Crippen molar-refractivity contribution >= 4 is 34.6 Å². The Morgan fingerprint density at radius 2 is 0.627 bits per heavy atom. The van der Waals surface area contributed by atoms with Crippen LogP contribution in [0.3, 0.4) is 0 Å². The molecule has 2 amide bonds. The van der Waals surface area contributed by atoms with E-state index in [0.717, 1.165) is 0 Å². The van der Waals surface area contributed by atoms with Crippen molar-refractivity contribution in [2.75, 3.05) is 10.6 Å². The molecule has 0 radical (unpaired) electrons. The molecular weight excluding hydrogens is 656 g/mol. The maximum atomic E-state index is 12.8. The number of hydrogen-bond acceptors (Lipinski definition) is 9. The Hall–Kier alpha value is -7.54. The van der Waals surface area contributed by atoms with Crippen LogP contribution in [0.5, 0.6) is 34.5 Å². The van der Waals surface area contributed by atoms with Gasteiger partial charge in [-0.05, 0) is 121 Å². The van der Waals surface area contributed by atoms with Crippen molar-refractivity contribution in [2.45, 2.75) is 0 Å². The van der Waals surface area contributed by atoms with Gasteiger partial charge in [0.25, 0.3) is 23.2 Å². The van der Waals surface area contributed by atoms with Crippen LogP contribution in [-0.2, 0) is 0 Å². The summed E-state index contributed by atoms with van der Waals surface area (Å²) >= 11 is 0. The first-order valence-electron chi connectivity index (χ1n) is 15.2. The molecule has 0 aliphatic rings. The minimum Gasteiger partial charge on any atom is -0.457 e. The van der Waals surface area contributed by atoms with E-state index < -0.39 is 9.85 Å². The third kappa shape index (κ3) is 8.88. The van der Waals surface area contributed by atoms with Gasteiger partial charge in [-0.25, -0.2) is 0 Å². The highest BCUT2D eigenvalue weighted by Crippen LogP contribution is 2.28. The number of rotatable bonds is 12. The van der Waals surface area contributed by atoms with Crippen LogP contribution in [0.25, 0.3) is 0 Å². The Bertz CT molecular complexity index is 2010. The number of nitrogens with zero attached hydrogens (tertiary/aromatic N) is 2. The van der Waals surface area contributed by atoms with Crippen LogP contribution in [0.4, 0.5) is 22.7 Å². The zero-order chi connectivity index (χ0) is 35.7. The lowest BCUT2D eigenvalue weighted by Gasteiger charge is -2.10. The smallest absolute Gasteiger partial charge is 0.269 e. The zero-order valence-corrected chi connectivity index (χ0v) is 26.4. The Balaban J connectivity index is 0.966. The van der Waals surface area contributed by atoms with Crippen LogP contribution in [0.2, 0.25) is 0 Å². The van der Waals surface area contributed by atoms with Gasteiger partial charge in [0.1, 0.15) is 34.5 Å². The molecule has 0 aliphatic carbocycles.